The predicted octanol–water partition coefficient (Wildman–Crippen LogP) is 1.15. The first-order chi connectivity index (χ1) is 7.79. The van der Waals surface area contributed by atoms with E-state index in [4.69, 9.17) is 11.5 Å². The number of hydrogen-bond donors (Lipinski definition) is 3. The maximum Gasteiger partial charge on any atom is 0.150 e. The molecular formula is C11H11N5. The third kappa shape index (κ3) is 1.15. The Morgan fingerprint density at radius 3 is 2.81 bits per heavy atom. The third-order valence-corrected chi connectivity index (χ3v) is 2.60. The molecule has 2 heterocycles. The van der Waals surface area contributed by atoms with E-state index in [1.165, 1.54) is 0 Å². The summed E-state index contributed by atoms with van der Waals surface area (Å²) in [4.78, 5) is 11.8. The fraction of sp³-hybridized carbons (Fsp3) is 0.0909. The van der Waals surface area contributed by atoms with Crippen molar-refractivity contribution in [2.75, 3.05) is 5.73 Å². The maximum absolute atomic E-state index is 5.87. The minimum atomic E-state index is 0.364. The first-order valence-corrected chi connectivity index (χ1v) is 5.02. The zero-order valence-corrected chi connectivity index (χ0v) is 8.57. The van der Waals surface area contributed by atoms with Crippen molar-refractivity contribution >= 4 is 27.8 Å². The summed E-state index contributed by atoms with van der Waals surface area (Å²) in [6, 6.07) is 7.78. The van der Waals surface area contributed by atoms with Crippen LogP contribution in [0, 0.1) is 0 Å². The quantitative estimate of drug-likeness (QED) is 0.565. The molecule has 5 N–H and O–H groups in total. The van der Waals surface area contributed by atoms with Gasteiger partial charge in [-0.05, 0) is 6.07 Å². The Morgan fingerprint density at radius 2 is 2.00 bits per heavy atom. The molecule has 80 valence electrons. The number of anilines is 1. The highest BCUT2D eigenvalue weighted by atomic mass is 15.0. The van der Waals surface area contributed by atoms with Crippen LogP contribution in [0.1, 0.15) is 5.82 Å². The number of fused-ring (bicyclic) bond motifs is 3. The summed E-state index contributed by atoms with van der Waals surface area (Å²) >= 11 is 0. The fourth-order valence-corrected chi connectivity index (χ4v) is 1.86. The number of hydrogen-bond acceptors (Lipinski definition) is 4. The Morgan fingerprint density at radius 1 is 1.19 bits per heavy atom. The van der Waals surface area contributed by atoms with Crippen LogP contribution in [0.3, 0.4) is 0 Å². The standard InChI is InChI=1S/C11H11N5/c12-5-8-15-9-6-3-1-2-4-7(6)14-11(13)10(9)16-8/h1-4H,5,12H2,(H2,13,14)(H,15,16). The van der Waals surface area contributed by atoms with Crippen LogP contribution < -0.4 is 11.5 Å². The molecule has 2 aromatic heterocycles. The minimum Gasteiger partial charge on any atom is -0.382 e. The summed E-state index contributed by atoms with van der Waals surface area (Å²) in [7, 11) is 0. The normalized spacial score (nSPS) is 11.3. The topological polar surface area (TPSA) is 93.6 Å². The lowest BCUT2D eigenvalue weighted by Gasteiger charge is -1.99. The van der Waals surface area contributed by atoms with Crippen LogP contribution in [0.4, 0.5) is 5.82 Å². The average molecular weight is 213 g/mol. The van der Waals surface area contributed by atoms with Crippen LogP contribution in [0.5, 0.6) is 0 Å². The second-order valence-electron chi connectivity index (χ2n) is 3.63. The molecular weight excluding hydrogens is 202 g/mol. The van der Waals surface area contributed by atoms with Gasteiger partial charge in [-0.2, -0.15) is 0 Å². The van der Waals surface area contributed by atoms with Crippen LogP contribution >= 0.6 is 0 Å². The Bertz CT molecular complexity index is 670. The van der Waals surface area contributed by atoms with Gasteiger partial charge in [-0.25, -0.2) is 9.97 Å². The van der Waals surface area contributed by atoms with Crippen molar-refractivity contribution in [3.05, 3.63) is 30.1 Å². The monoisotopic (exact) mass is 213 g/mol. The number of H-pyrrole nitrogens is 1. The zero-order valence-electron chi connectivity index (χ0n) is 8.57. The van der Waals surface area contributed by atoms with E-state index in [1.807, 2.05) is 24.3 Å². The van der Waals surface area contributed by atoms with E-state index in [2.05, 4.69) is 15.0 Å². The van der Waals surface area contributed by atoms with Gasteiger partial charge in [0.1, 0.15) is 22.7 Å². The molecule has 3 aromatic rings. The van der Waals surface area contributed by atoms with Gasteiger partial charge in [-0.1, -0.05) is 18.2 Å². The van der Waals surface area contributed by atoms with Crippen LogP contribution in [0.15, 0.2) is 24.3 Å². The Kier molecular flexibility index (Phi) is 1.81. The highest BCUT2D eigenvalue weighted by molar-refractivity contribution is 6.05. The minimum absolute atomic E-state index is 0.364. The Hall–Kier alpha value is -2.14. The summed E-state index contributed by atoms with van der Waals surface area (Å²) in [5, 5.41) is 0.989. The van der Waals surface area contributed by atoms with Crippen molar-refractivity contribution in [3.63, 3.8) is 0 Å². The number of benzene rings is 1. The van der Waals surface area contributed by atoms with Crippen molar-refractivity contribution < 1.29 is 0 Å². The molecule has 5 nitrogen and oxygen atoms in total. The van der Waals surface area contributed by atoms with E-state index in [0.29, 0.717) is 12.4 Å². The number of pyridine rings is 1. The van der Waals surface area contributed by atoms with Crippen LogP contribution in [0.2, 0.25) is 0 Å². The summed E-state index contributed by atoms with van der Waals surface area (Å²) in [5.74, 6) is 1.18. The molecule has 3 rings (SSSR count). The van der Waals surface area contributed by atoms with E-state index in [9.17, 15) is 0 Å². The lowest BCUT2D eigenvalue weighted by Crippen LogP contribution is -1.97. The van der Waals surface area contributed by atoms with Gasteiger partial charge in [0.2, 0.25) is 0 Å². The van der Waals surface area contributed by atoms with Gasteiger partial charge >= 0.3 is 0 Å². The summed E-state index contributed by atoms with van der Waals surface area (Å²) in [6.07, 6.45) is 0. The Balaban J connectivity index is 2.52. The molecule has 0 aliphatic carbocycles. The van der Waals surface area contributed by atoms with Crippen molar-refractivity contribution in [1.29, 1.82) is 0 Å². The number of nitrogens with one attached hydrogen (secondary N) is 1. The molecule has 5 heteroatoms. The van der Waals surface area contributed by atoms with Gasteiger partial charge in [0.15, 0.2) is 0 Å². The molecule has 16 heavy (non-hydrogen) atoms. The second kappa shape index (κ2) is 3.18. The number of nitrogens with zero attached hydrogens (tertiary/aromatic N) is 2. The van der Waals surface area contributed by atoms with E-state index in [-0.39, 0.29) is 0 Å². The van der Waals surface area contributed by atoms with E-state index < -0.39 is 0 Å². The van der Waals surface area contributed by atoms with Crippen molar-refractivity contribution in [2.45, 2.75) is 6.54 Å². The SMILES string of the molecule is NCc1nc2c([nH]1)c(N)nc1ccccc12. The van der Waals surface area contributed by atoms with Crippen molar-refractivity contribution in [3.8, 4) is 0 Å². The lowest BCUT2D eigenvalue weighted by molar-refractivity contribution is 0.959. The van der Waals surface area contributed by atoms with E-state index in [1.54, 1.807) is 0 Å². The van der Waals surface area contributed by atoms with Gasteiger partial charge in [-0.15, -0.1) is 0 Å². The summed E-state index contributed by atoms with van der Waals surface area (Å²) in [5.41, 5.74) is 13.9. The average Bonchev–Trinajstić information content (AvgIpc) is 2.74. The zero-order chi connectivity index (χ0) is 11.1. The van der Waals surface area contributed by atoms with Gasteiger partial charge < -0.3 is 16.5 Å². The molecule has 0 amide bonds. The molecule has 0 spiro atoms. The number of rotatable bonds is 1. The van der Waals surface area contributed by atoms with Gasteiger partial charge in [-0.3, -0.25) is 0 Å². The highest BCUT2D eigenvalue weighted by Crippen LogP contribution is 2.25. The first kappa shape index (κ1) is 9.11. The van der Waals surface area contributed by atoms with E-state index >= 15 is 0 Å². The number of para-hydroxylation sites is 1. The largest absolute Gasteiger partial charge is 0.382 e. The van der Waals surface area contributed by atoms with Gasteiger partial charge in [0.25, 0.3) is 0 Å². The lowest BCUT2D eigenvalue weighted by atomic mass is 10.2. The smallest absolute Gasteiger partial charge is 0.150 e. The first-order valence-electron chi connectivity index (χ1n) is 5.02. The second-order valence-corrected chi connectivity index (χ2v) is 3.63. The van der Waals surface area contributed by atoms with Crippen LogP contribution in [0.25, 0.3) is 21.9 Å². The van der Waals surface area contributed by atoms with Gasteiger partial charge in [0.05, 0.1) is 12.1 Å². The Labute approximate surface area is 91.5 Å². The molecule has 0 aliphatic rings. The van der Waals surface area contributed by atoms with Crippen LogP contribution in [-0.4, -0.2) is 15.0 Å². The molecule has 0 saturated heterocycles. The molecule has 0 fully saturated rings. The van der Waals surface area contributed by atoms with Crippen molar-refractivity contribution in [1.82, 2.24) is 15.0 Å². The molecule has 0 atom stereocenters. The van der Waals surface area contributed by atoms with Gasteiger partial charge in [0, 0.05) is 5.39 Å². The number of aromatic nitrogens is 3. The number of nitrogens with two attached hydrogens (primary N) is 2. The number of aromatic amines is 1. The molecule has 0 radical (unpaired) electrons. The van der Waals surface area contributed by atoms with Crippen molar-refractivity contribution in [2.24, 2.45) is 5.73 Å². The molecule has 0 unspecified atom stereocenters. The molecule has 0 saturated carbocycles. The number of imidazole rings is 1. The molecule has 1 aromatic carbocycles. The van der Waals surface area contributed by atoms with Crippen LogP contribution in [-0.2, 0) is 6.54 Å². The summed E-state index contributed by atoms with van der Waals surface area (Å²) < 4.78 is 0. The molecule has 0 aliphatic heterocycles. The number of nitrogen functional groups attached to an aromatic ring is 1. The highest BCUT2D eigenvalue weighted by Gasteiger charge is 2.10. The molecule has 0 bridgehead atoms. The fourth-order valence-electron chi connectivity index (χ4n) is 1.86. The third-order valence-electron chi connectivity index (χ3n) is 2.60. The predicted molar refractivity (Wildman–Crippen MR) is 63.7 cm³/mol. The maximum atomic E-state index is 5.87. The summed E-state index contributed by atoms with van der Waals surface area (Å²) in [6.45, 7) is 0.364. The van der Waals surface area contributed by atoms with E-state index in [0.717, 1.165) is 27.8 Å².